The molecule has 1 aromatic carbocycles. The fraction of sp³-hybridized carbons (Fsp3) is 0.381. The van der Waals surface area contributed by atoms with Crippen molar-refractivity contribution in [3.8, 4) is 5.75 Å². The summed E-state index contributed by atoms with van der Waals surface area (Å²) in [7, 11) is 0. The van der Waals surface area contributed by atoms with Crippen molar-refractivity contribution < 1.29 is 9.53 Å². The van der Waals surface area contributed by atoms with Crippen LogP contribution < -0.4 is 15.6 Å². The number of carbonyl (C=O) groups excluding carboxylic acids is 1. The molecule has 3 aromatic rings. The van der Waals surface area contributed by atoms with Gasteiger partial charge >= 0.3 is 0 Å². The summed E-state index contributed by atoms with van der Waals surface area (Å²) >= 11 is 3.24. The van der Waals surface area contributed by atoms with Crippen molar-refractivity contribution in [3.05, 3.63) is 50.9 Å². The molecule has 2 N–H and O–H groups in total. The summed E-state index contributed by atoms with van der Waals surface area (Å²) in [6.45, 7) is 2.55. The number of hydrogen-bond acceptors (Lipinski definition) is 6. The zero-order valence-electron chi connectivity index (χ0n) is 16.2. The first-order valence-electron chi connectivity index (χ1n) is 9.78. The highest BCUT2D eigenvalue weighted by Gasteiger charge is 2.21. The van der Waals surface area contributed by atoms with Crippen LogP contribution in [0.25, 0.3) is 10.2 Å². The Balaban J connectivity index is 1.27. The van der Waals surface area contributed by atoms with Crippen LogP contribution in [-0.2, 0) is 23.4 Å². The van der Waals surface area contributed by atoms with Gasteiger partial charge in [-0.2, -0.15) is 11.8 Å². The molecule has 0 atom stereocenters. The number of amides is 1. The quantitative estimate of drug-likeness (QED) is 0.526. The molecular formula is C21H23N3O3S2. The van der Waals surface area contributed by atoms with E-state index in [1.807, 2.05) is 31.2 Å². The molecule has 0 spiro atoms. The number of carbonyl (C=O) groups is 1. The van der Waals surface area contributed by atoms with Gasteiger partial charge in [0.15, 0.2) is 0 Å². The Hall–Kier alpha value is -2.32. The van der Waals surface area contributed by atoms with Gasteiger partial charge in [-0.15, -0.1) is 11.3 Å². The highest BCUT2D eigenvalue weighted by molar-refractivity contribution is 7.98. The number of benzene rings is 1. The van der Waals surface area contributed by atoms with Crippen LogP contribution in [0, 0.1) is 0 Å². The van der Waals surface area contributed by atoms with E-state index in [1.165, 1.54) is 10.4 Å². The fourth-order valence-corrected chi connectivity index (χ4v) is 5.56. The monoisotopic (exact) mass is 429 g/mol. The van der Waals surface area contributed by atoms with Crippen LogP contribution in [0.5, 0.6) is 5.75 Å². The molecule has 1 amide bonds. The second-order valence-electron chi connectivity index (χ2n) is 6.86. The van der Waals surface area contributed by atoms with E-state index in [1.54, 1.807) is 23.1 Å². The summed E-state index contributed by atoms with van der Waals surface area (Å²) in [6, 6.07) is 7.34. The second-order valence-corrected chi connectivity index (χ2v) is 9.05. The van der Waals surface area contributed by atoms with E-state index in [-0.39, 0.29) is 11.5 Å². The minimum atomic E-state index is -0.0340. The largest absolute Gasteiger partial charge is 0.494 e. The highest BCUT2D eigenvalue weighted by Crippen LogP contribution is 2.34. The molecule has 2 aromatic heterocycles. The maximum absolute atomic E-state index is 12.5. The minimum Gasteiger partial charge on any atom is -0.494 e. The number of aryl methyl sites for hydroxylation is 2. The molecule has 0 radical (unpaired) electrons. The summed E-state index contributed by atoms with van der Waals surface area (Å²) in [5.74, 6) is 2.68. The average molecular weight is 430 g/mol. The predicted molar refractivity (Wildman–Crippen MR) is 119 cm³/mol. The van der Waals surface area contributed by atoms with Gasteiger partial charge in [0.25, 0.3) is 5.56 Å². The molecule has 29 heavy (non-hydrogen) atoms. The Kier molecular flexibility index (Phi) is 6.20. The lowest BCUT2D eigenvalue weighted by Crippen LogP contribution is -2.13. The fourth-order valence-electron chi connectivity index (χ4n) is 3.47. The molecule has 4 rings (SSSR count). The van der Waals surface area contributed by atoms with E-state index in [9.17, 15) is 9.59 Å². The Bertz CT molecular complexity index is 1070. The van der Waals surface area contributed by atoms with Crippen LogP contribution in [0.1, 0.15) is 36.0 Å². The molecule has 1 aliphatic carbocycles. The van der Waals surface area contributed by atoms with Crippen molar-refractivity contribution in [3.63, 3.8) is 0 Å². The van der Waals surface area contributed by atoms with Crippen molar-refractivity contribution in [2.75, 3.05) is 17.7 Å². The van der Waals surface area contributed by atoms with Crippen molar-refractivity contribution >= 4 is 44.9 Å². The van der Waals surface area contributed by atoms with Gasteiger partial charge in [0.2, 0.25) is 5.91 Å². The number of ether oxygens (including phenoxy) is 1. The second kappa shape index (κ2) is 9.00. The normalized spacial score (nSPS) is 12.9. The van der Waals surface area contributed by atoms with Gasteiger partial charge in [-0.3, -0.25) is 9.59 Å². The number of thioether (sulfide) groups is 1. The standard InChI is InChI=1S/C21H23N3O3S2/c1-2-27-14-8-6-13(7-9-14)22-18(25)10-11-28-12-17-23-20(26)19-15-4-3-5-16(15)29-21(19)24-17/h6-9H,2-5,10-12H2,1H3,(H,22,25)(H,23,24,26). The van der Waals surface area contributed by atoms with Crippen LogP contribution in [0.15, 0.2) is 29.1 Å². The van der Waals surface area contributed by atoms with Crippen LogP contribution >= 0.6 is 23.1 Å². The lowest BCUT2D eigenvalue weighted by molar-refractivity contribution is -0.115. The predicted octanol–water partition coefficient (Wildman–Crippen LogP) is 4.13. The molecule has 0 bridgehead atoms. The summed E-state index contributed by atoms with van der Waals surface area (Å²) < 4.78 is 5.39. The van der Waals surface area contributed by atoms with Gasteiger partial charge in [-0.1, -0.05) is 0 Å². The Morgan fingerprint density at radius 1 is 1.31 bits per heavy atom. The first kappa shape index (κ1) is 20.0. The van der Waals surface area contributed by atoms with E-state index in [0.29, 0.717) is 30.4 Å². The Labute approximate surface area is 177 Å². The summed E-state index contributed by atoms with van der Waals surface area (Å²) in [6.07, 6.45) is 3.57. The third-order valence-electron chi connectivity index (χ3n) is 4.79. The topological polar surface area (TPSA) is 84.1 Å². The Morgan fingerprint density at radius 3 is 2.93 bits per heavy atom. The van der Waals surface area contributed by atoms with E-state index in [0.717, 1.165) is 40.9 Å². The number of nitrogens with zero attached hydrogens (tertiary/aromatic N) is 1. The number of anilines is 1. The van der Waals surface area contributed by atoms with Crippen molar-refractivity contribution in [2.45, 2.75) is 38.4 Å². The number of H-pyrrole nitrogens is 1. The van der Waals surface area contributed by atoms with Crippen molar-refractivity contribution in [1.29, 1.82) is 0 Å². The molecule has 0 aliphatic heterocycles. The lowest BCUT2D eigenvalue weighted by atomic mass is 10.2. The third kappa shape index (κ3) is 4.64. The molecular weight excluding hydrogens is 406 g/mol. The van der Waals surface area contributed by atoms with Crippen molar-refractivity contribution in [2.24, 2.45) is 0 Å². The maximum atomic E-state index is 12.5. The molecule has 2 heterocycles. The number of thiophene rings is 1. The zero-order valence-corrected chi connectivity index (χ0v) is 17.9. The van der Waals surface area contributed by atoms with Crippen molar-refractivity contribution in [1.82, 2.24) is 9.97 Å². The smallest absolute Gasteiger partial charge is 0.259 e. The number of aromatic amines is 1. The molecule has 152 valence electrons. The molecule has 1 aliphatic rings. The molecule has 0 saturated heterocycles. The highest BCUT2D eigenvalue weighted by atomic mass is 32.2. The van der Waals surface area contributed by atoms with Gasteiger partial charge in [-0.25, -0.2) is 4.98 Å². The number of rotatable bonds is 8. The van der Waals surface area contributed by atoms with E-state index >= 15 is 0 Å². The number of hydrogen-bond donors (Lipinski definition) is 2. The minimum absolute atomic E-state index is 0.0294. The zero-order chi connectivity index (χ0) is 20.2. The Morgan fingerprint density at radius 2 is 2.14 bits per heavy atom. The molecule has 0 unspecified atom stereocenters. The third-order valence-corrected chi connectivity index (χ3v) is 6.94. The summed E-state index contributed by atoms with van der Waals surface area (Å²) in [5, 5.41) is 3.67. The van der Waals surface area contributed by atoms with Gasteiger partial charge in [0.05, 0.1) is 17.7 Å². The number of fused-ring (bicyclic) bond motifs is 3. The first-order valence-corrected chi connectivity index (χ1v) is 11.7. The van der Waals surface area contributed by atoms with Gasteiger partial charge < -0.3 is 15.0 Å². The van der Waals surface area contributed by atoms with Crippen LogP contribution in [0.4, 0.5) is 5.69 Å². The van der Waals surface area contributed by atoms with Crippen LogP contribution in [-0.4, -0.2) is 28.2 Å². The van der Waals surface area contributed by atoms with E-state index in [2.05, 4.69) is 15.3 Å². The number of aromatic nitrogens is 2. The average Bonchev–Trinajstić information content (AvgIpc) is 3.28. The SMILES string of the molecule is CCOc1ccc(NC(=O)CCSCc2nc3sc4c(c3c(=O)[nH]2)CCC4)cc1. The first-order chi connectivity index (χ1) is 14.1. The molecule has 0 saturated carbocycles. The van der Waals surface area contributed by atoms with E-state index < -0.39 is 0 Å². The summed E-state index contributed by atoms with van der Waals surface area (Å²) in [4.78, 5) is 34.3. The van der Waals surface area contributed by atoms with Gasteiger partial charge in [-0.05, 0) is 56.0 Å². The van der Waals surface area contributed by atoms with E-state index in [4.69, 9.17) is 4.74 Å². The lowest BCUT2D eigenvalue weighted by Gasteiger charge is -2.07. The van der Waals surface area contributed by atoms with Gasteiger partial charge in [0, 0.05) is 22.7 Å². The summed E-state index contributed by atoms with van der Waals surface area (Å²) in [5.41, 5.74) is 1.92. The molecule has 8 heteroatoms. The van der Waals surface area contributed by atoms with Crippen LogP contribution in [0.3, 0.4) is 0 Å². The van der Waals surface area contributed by atoms with Gasteiger partial charge in [0.1, 0.15) is 16.4 Å². The molecule has 0 fully saturated rings. The maximum Gasteiger partial charge on any atom is 0.259 e. The van der Waals surface area contributed by atoms with Crippen LogP contribution in [0.2, 0.25) is 0 Å². The number of nitrogens with one attached hydrogen (secondary N) is 2. The molecule has 6 nitrogen and oxygen atoms in total.